The van der Waals surface area contributed by atoms with Crippen LogP contribution in [0.4, 0.5) is 0 Å². The highest BCUT2D eigenvalue weighted by Gasteiger charge is 2.20. The molecule has 0 unspecified atom stereocenters. The third-order valence-corrected chi connectivity index (χ3v) is 4.14. The largest absolute Gasteiger partial charge is 0.478 e. The third-order valence-electron chi connectivity index (χ3n) is 3.61. The summed E-state index contributed by atoms with van der Waals surface area (Å²) in [5, 5.41) is 9.40. The Morgan fingerprint density at radius 1 is 1.09 bits per heavy atom. The SMILES string of the molecule is CC(C)(C)c1ccc(O[C@H](Cc2ccc(Br)cc2)C(=O)O)cc1. The molecule has 23 heavy (non-hydrogen) atoms. The van der Waals surface area contributed by atoms with Gasteiger partial charge in [-0.25, -0.2) is 4.79 Å². The van der Waals surface area contributed by atoms with Crippen molar-refractivity contribution in [1.82, 2.24) is 0 Å². The summed E-state index contributed by atoms with van der Waals surface area (Å²) in [7, 11) is 0. The molecular weight excluding hydrogens is 356 g/mol. The standard InChI is InChI=1S/C19H21BrO3/c1-19(2,3)14-6-10-16(11-7-14)23-17(18(21)22)12-13-4-8-15(20)9-5-13/h4-11,17H,12H2,1-3H3,(H,21,22)/t17-/m1/s1. The van der Waals surface area contributed by atoms with Gasteiger partial charge in [-0.15, -0.1) is 0 Å². The molecule has 2 aromatic carbocycles. The minimum atomic E-state index is -0.965. The first-order valence-corrected chi connectivity index (χ1v) is 8.29. The van der Waals surface area contributed by atoms with Gasteiger partial charge in [0.2, 0.25) is 0 Å². The summed E-state index contributed by atoms with van der Waals surface area (Å²) in [6.45, 7) is 6.41. The highest BCUT2D eigenvalue weighted by atomic mass is 79.9. The van der Waals surface area contributed by atoms with E-state index in [0.29, 0.717) is 12.2 Å². The first-order valence-electron chi connectivity index (χ1n) is 7.50. The van der Waals surface area contributed by atoms with Crippen molar-refractivity contribution in [3.05, 3.63) is 64.1 Å². The van der Waals surface area contributed by atoms with Crippen LogP contribution < -0.4 is 4.74 Å². The second-order valence-electron chi connectivity index (χ2n) is 6.55. The van der Waals surface area contributed by atoms with E-state index in [1.54, 1.807) is 0 Å². The molecule has 0 aromatic heterocycles. The van der Waals surface area contributed by atoms with Gasteiger partial charge in [0, 0.05) is 10.9 Å². The fraction of sp³-hybridized carbons (Fsp3) is 0.316. The van der Waals surface area contributed by atoms with Gasteiger partial charge in [-0.1, -0.05) is 61.0 Å². The minimum absolute atomic E-state index is 0.0577. The van der Waals surface area contributed by atoms with Crippen LogP contribution in [-0.2, 0) is 16.6 Å². The van der Waals surface area contributed by atoms with E-state index in [4.69, 9.17) is 4.74 Å². The molecule has 0 heterocycles. The Labute approximate surface area is 145 Å². The Balaban J connectivity index is 2.10. The Morgan fingerprint density at radius 3 is 2.13 bits per heavy atom. The van der Waals surface area contributed by atoms with Crippen molar-refractivity contribution in [2.75, 3.05) is 0 Å². The third kappa shape index (κ3) is 5.10. The first kappa shape index (κ1) is 17.5. The van der Waals surface area contributed by atoms with Crippen LogP contribution in [0.2, 0.25) is 0 Å². The molecule has 1 N–H and O–H groups in total. The van der Waals surface area contributed by atoms with Crippen molar-refractivity contribution in [2.45, 2.75) is 38.7 Å². The lowest BCUT2D eigenvalue weighted by Gasteiger charge is -2.20. The maximum Gasteiger partial charge on any atom is 0.345 e. The van der Waals surface area contributed by atoms with Gasteiger partial charge in [0.15, 0.2) is 6.10 Å². The first-order chi connectivity index (χ1) is 10.8. The molecule has 0 saturated heterocycles. The zero-order valence-corrected chi connectivity index (χ0v) is 15.1. The smallest absolute Gasteiger partial charge is 0.345 e. The summed E-state index contributed by atoms with van der Waals surface area (Å²) in [4.78, 5) is 11.5. The molecule has 0 aliphatic carbocycles. The number of carboxylic acid groups (broad SMARTS) is 1. The molecule has 2 aromatic rings. The average molecular weight is 377 g/mol. The molecule has 0 amide bonds. The number of carbonyl (C=O) groups is 1. The van der Waals surface area contributed by atoms with E-state index in [-0.39, 0.29) is 5.41 Å². The Hall–Kier alpha value is -1.81. The molecule has 4 heteroatoms. The zero-order valence-electron chi connectivity index (χ0n) is 13.5. The Morgan fingerprint density at radius 2 is 1.65 bits per heavy atom. The summed E-state index contributed by atoms with van der Waals surface area (Å²) < 4.78 is 6.63. The zero-order chi connectivity index (χ0) is 17.0. The molecule has 0 radical (unpaired) electrons. The number of hydrogen-bond donors (Lipinski definition) is 1. The second-order valence-corrected chi connectivity index (χ2v) is 7.47. The van der Waals surface area contributed by atoms with E-state index in [9.17, 15) is 9.90 Å². The van der Waals surface area contributed by atoms with Crippen LogP contribution in [0.15, 0.2) is 53.0 Å². The minimum Gasteiger partial charge on any atom is -0.478 e. The average Bonchev–Trinajstić information content (AvgIpc) is 2.48. The molecule has 122 valence electrons. The molecule has 0 aliphatic heterocycles. The number of ether oxygens (including phenoxy) is 1. The molecule has 0 fully saturated rings. The molecular formula is C19H21BrO3. The summed E-state index contributed by atoms with van der Waals surface area (Å²) in [6.07, 6.45) is -0.583. The predicted octanol–water partition coefficient (Wildman–Crippen LogP) is 4.82. The van der Waals surface area contributed by atoms with Crippen LogP contribution in [0.25, 0.3) is 0 Å². The number of rotatable bonds is 5. The molecule has 3 nitrogen and oxygen atoms in total. The Bertz CT molecular complexity index is 655. The van der Waals surface area contributed by atoms with Gasteiger partial charge >= 0.3 is 5.97 Å². The molecule has 0 aliphatic rings. The number of hydrogen-bond acceptors (Lipinski definition) is 2. The van der Waals surface area contributed by atoms with E-state index < -0.39 is 12.1 Å². The summed E-state index contributed by atoms with van der Waals surface area (Å²) >= 11 is 3.37. The van der Waals surface area contributed by atoms with Crippen molar-refractivity contribution < 1.29 is 14.6 Å². The summed E-state index contributed by atoms with van der Waals surface area (Å²) in [5.41, 5.74) is 2.17. The number of halogens is 1. The van der Waals surface area contributed by atoms with E-state index in [1.807, 2.05) is 48.5 Å². The van der Waals surface area contributed by atoms with Gasteiger partial charge in [-0.2, -0.15) is 0 Å². The van der Waals surface area contributed by atoms with Crippen LogP contribution in [0.3, 0.4) is 0 Å². The van der Waals surface area contributed by atoms with Gasteiger partial charge < -0.3 is 9.84 Å². The molecule has 1 atom stereocenters. The monoisotopic (exact) mass is 376 g/mol. The van der Waals surface area contributed by atoms with E-state index in [2.05, 4.69) is 36.7 Å². The molecule has 0 spiro atoms. The van der Waals surface area contributed by atoms with Crippen LogP contribution in [0.5, 0.6) is 5.75 Å². The lowest BCUT2D eigenvalue weighted by atomic mass is 9.87. The maximum absolute atomic E-state index is 11.5. The van der Waals surface area contributed by atoms with Crippen molar-refractivity contribution in [2.24, 2.45) is 0 Å². The van der Waals surface area contributed by atoms with Crippen LogP contribution >= 0.6 is 15.9 Å². The number of aliphatic carboxylic acids is 1. The fourth-order valence-electron chi connectivity index (χ4n) is 2.21. The van der Waals surface area contributed by atoms with Gasteiger partial charge in [0.25, 0.3) is 0 Å². The lowest BCUT2D eigenvalue weighted by molar-refractivity contribution is -0.145. The van der Waals surface area contributed by atoms with Gasteiger partial charge in [-0.3, -0.25) is 0 Å². The van der Waals surface area contributed by atoms with E-state index in [0.717, 1.165) is 10.0 Å². The fourth-order valence-corrected chi connectivity index (χ4v) is 2.48. The van der Waals surface area contributed by atoms with Gasteiger partial charge in [0.05, 0.1) is 0 Å². The Kier molecular flexibility index (Phi) is 5.47. The predicted molar refractivity (Wildman–Crippen MR) is 95.0 cm³/mol. The van der Waals surface area contributed by atoms with Crippen LogP contribution in [0, 0.1) is 0 Å². The van der Waals surface area contributed by atoms with Crippen molar-refractivity contribution in [1.29, 1.82) is 0 Å². The molecule has 0 bridgehead atoms. The van der Waals surface area contributed by atoms with Crippen molar-refractivity contribution in [3.8, 4) is 5.75 Å². The summed E-state index contributed by atoms with van der Waals surface area (Å²) in [5.74, 6) is -0.393. The lowest BCUT2D eigenvalue weighted by Crippen LogP contribution is -2.29. The van der Waals surface area contributed by atoms with Crippen LogP contribution in [0.1, 0.15) is 31.9 Å². The number of carboxylic acids is 1. The van der Waals surface area contributed by atoms with Crippen molar-refractivity contribution in [3.63, 3.8) is 0 Å². The second kappa shape index (κ2) is 7.18. The highest BCUT2D eigenvalue weighted by Crippen LogP contribution is 2.25. The van der Waals surface area contributed by atoms with Gasteiger partial charge in [-0.05, 0) is 40.8 Å². The van der Waals surface area contributed by atoms with Gasteiger partial charge in [0.1, 0.15) is 5.75 Å². The molecule has 0 saturated carbocycles. The van der Waals surface area contributed by atoms with E-state index >= 15 is 0 Å². The quantitative estimate of drug-likeness (QED) is 0.813. The number of benzene rings is 2. The topological polar surface area (TPSA) is 46.5 Å². The molecule has 2 rings (SSSR count). The van der Waals surface area contributed by atoms with Crippen molar-refractivity contribution >= 4 is 21.9 Å². The normalized spacial score (nSPS) is 12.7. The highest BCUT2D eigenvalue weighted by molar-refractivity contribution is 9.10. The maximum atomic E-state index is 11.5. The summed E-state index contributed by atoms with van der Waals surface area (Å²) in [6, 6.07) is 15.2. The van der Waals surface area contributed by atoms with Crippen LogP contribution in [-0.4, -0.2) is 17.2 Å². The van der Waals surface area contributed by atoms with E-state index in [1.165, 1.54) is 5.56 Å².